The summed E-state index contributed by atoms with van der Waals surface area (Å²) in [4.78, 5) is 3.89. The van der Waals surface area contributed by atoms with Gasteiger partial charge in [0.05, 0.1) is 0 Å². The Balaban J connectivity index is 2.36. The molecular weight excluding hydrogens is 204 g/mol. The van der Waals surface area contributed by atoms with Gasteiger partial charge in [-0.15, -0.1) is 0 Å². The van der Waals surface area contributed by atoms with E-state index in [0.717, 1.165) is 0 Å². The zero-order valence-corrected chi connectivity index (χ0v) is 8.91. The highest BCUT2D eigenvalue weighted by Gasteiger charge is 2.22. The summed E-state index contributed by atoms with van der Waals surface area (Å²) < 4.78 is 5.20. The molecule has 0 aromatic carbocycles. The summed E-state index contributed by atoms with van der Waals surface area (Å²) >= 11 is 1.35. The lowest BCUT2D eigenvalue weighted by Gasteiger charge is -2.25. The van der Waals surface area contributed by atoms with Gasteiger partial charge in [0.1, 0.15) is 18.6 Å². The third kappa shape index (κ3) is 4.01. The molecule has 1 aromatic heterocycles. The summed E-state index contributed by atoms with van der Waals surface area (Å²) in [5.74, 6) is 0. The highest BCUT2D eigenvalue weighted by atomic mass is 32.1. The lowest BCUT2D eigenvalue weighted by molar-refractivity contribution is -0.0560. The first kappa shape index (κ1) is 11.4. The van der Waals surface area contributed by atoms with E-state index in [1.165, 1.54) is 25.2 Å². The van der Waals surface area contributed by atoms with Crippen molar-refractivity contribution in [2.24, 2.45) is 0 Å². The predicted octanol–water partition coefficient (Wildman–Crippen LogP) is 0.158. The molecule has 2 atom stereocenters. The number of thiazole rings is 1. The van der Waals surface area contributed by atoms with Crippen LogP contribution in [0, 0.1) is 0 Å². The summed E-state index contributed by atoms with van der Waals surface area (Å²) in [5.41, 5.74) is -1.26. The minimum Gasteiger partial charge on any atom is -0.466 e. The Bertz CT molecular complexity index is 262. The van der Waals surface area contributed by atoms with Gasteiger partial charge in [0, 0.05) is 11.6 Å². The molecule has 5 nitrogen and oxygen atoms in total. The molecule has 0 aliphatic rings. The van der Waals surface area contributed by atoms with Crippen LogP contribution in [-0.2, 0) is 0 Å². The van der Waals surface area contributed by atoms with E-state index in [4.69, 9.17) is 9.84 Å². The minimum atomic E-state index is -1.26. The average Bonchev–Trinajstić information content (AvgIpc) is 2.50. The molecule has 0 bridgehead atoms. The fourth-order valence-electron chi connectivity index (χ4n) is 0.976. The third-order valence-corrected chi connectivity index (χ3v) is 2.09. The van der Waals surface area contributed by atoms with Crippen molar-refractivity contribution in [3.05, 3.63) is 11.6 Å². The van der Waals surface area contributed by atoms with Crippen molar-refractivity contribution in [1.29, 1.82) is 0 Å². The third-order valence-electron chi connectivity index (χ3n) is 1.41. The number of ether oxygens (including phenoxy) is 1. The monoisotopic (exact) mass is 218 g/mol. The Morgan fingerprint density at radius 1 is 1.79 bits per heavy atom. The molecule has 0 saturated heterocycles. The van der Waals surface area contributed by atoms with Gasteiger partial charge in [-0.1, -0.05) is 11.3 Å². The van der Waals surface area contributed by atoms with Crippen LogP contribution in [0.2, 0.25) is 0 Å². The predicted molar refractivity (Wildman–Crippen MR) is 53.0 cm³/mol. The second-order valence-corrected chi connectivity index (χ2v) is 4.04. The number of nitrogens with one attached hydrogen (secondary N) is 1. The van der Waals surface area contributed by atoms with Crippen molar-refractivity contribution >= 4 is 11.3 Å². The first-order valence-corrected chi connectivity index (χ1v) is 5.08. The van der Waals surface area contributed by atoms with E-state index in [1.807, 2.05) is 0 Å². The first-order chi connectivity index (χ1) is 6.49. The summed E-state index contributed by atoms with van der Waals surface area (Å²) in [6.07, 6.45) is 0.835. The standard InChI is InChI=1S/C8H14N2O3S/c1-6(11)10-8(2,12)5-13-7-9-3-4-14-7/h3-4,6,10-12H,5H2,1-2H3. The van der Waals surface area contributed by atoms with Gasteiger partial charge in [-0.2, -0.15) is 0 Å². The molecule has 0 radical (unpaired) electrons. The summed E-state index contributed by atoms with van der Waals surface area (Å²) in [6.45, 7) is 3.08. The molecule has 0 amide bonds. The van der Waals surface area contributed by atoms with Gasteiger partial charge < -0.3 is 14.9 Å². The molecule has 2 unspecified atom stereocenters. The SMILES string of the molecule is CC(O)NC(C)(O)COc1nccs1. The van der Waals surface area contributed by atoms with Crippen molar-refractivity contribution in [1.82, 2.24) is 10.3 Å². The lowest BCUT2D eigenvalue weighted by Crippen LogP contribution is -2.51. The molecule has 1 heterocycles. The maximum atomic E-state index is 9.66. The minimum absolute atomic E-state index is 0.0331. The van der Waals surface area contributed by atoms with Crippen LogP contribution in [0.15, 0.2) is 11.6 Å². The van der Waals surface area contributed by atoms with E-state index in [9.17, 15) is 5.11 Å². The van der Waals surface area contributed by atoms with Gasteiger partial charge in [0.25, 0.3) is 5.19 Å². The average molecular weight is 218 g/mol. The number of hydrogen-bond acceptors (Lipinski definition) is 6. The zero-order chi connectivity index (χ0) is 10.6. The molecule has 0 saturated carbocycles. The normalized spacial score (nSPS) is 17.4. The molecular formula is C8H14N2O3S. The van der Waals surface area contributed by atoms with Crippen molar-refractivity contribution < 1.29 is 14.9 Å². The van der Waals surface area contributed by atoms with E-state index < -0.39 is 12.0 Å². The van der Waals surface area contributed by atoms with Gasteiger partial charge in [0.15, 0.2) is 0 Å². The van der Waals surface area contributed by atoms with E-state index in [-0.39, 0.29) is 6.61 Å². The highest BCUT2D eigenvalue weighted by Crippen LogP contribution is 2.14. The number of rotatable bonds is 5. The van der Waals surface area contributed by atoms with E-state index in [1.54, 1.807) is 11.6 Å². The van der Waals surface area contributed by atoms with Crippen LogP contribution in [-0.4, -0.2) is 33.8 Å². The molecule has 6 heteroatoms. The Kier molecular flexibility index (Phi) is 3.82. The van der Waals surface area contributed by atoms with Gasteiger partial charge in [-0.05, 0) is 13.8 Å². The maximum Gasteiger partial charge on any atom is 0.273 e. The molecule has 80 valence electrons. The van der Waals surface area contributed by atoms with Crippen LogP contribution in [0.4, 0.5) is 0 Å². The lowest BCUT2D eigenvalue weighted by atomic mass is 10.3. The molecule has 1 aromatic rings. The highest BCUT2D eigenvalue weighted by molar-refractivity contribution is 7.11. The molecule has 0 aliphatic carbocycles. The Labute approximate surface area is 86.4 Å². The fourth-order valence-corrected chi connectivity index (χ4v) is 1.46. The van der Waals surface area contributed by atoms with E-state index >= 15 is 0 Å². The first-order valence-electron chi connectivity index (χ1n) is 4.20. The zero-order valence-electron chi connectivity index (χ0n) is 8.10. The Morgan fingerprint density at radius 3 is 3.00 bits per heavy atom. The molecule has 0 fully saturated rings. The number of aliphatic hydroxyl groups is 2. The van der Waals surface area contributed by atoms with Crippen LogP contribution in [0.1, 0.15) is 13.8 Å². The smallest absolute Gasteiger partial charge is 0.273 e. The fraction of sp³-hybridized carbons (Fsp3) is 0.625. The largest absolute Gasteiger partial charge is 0.466 e. The molecule has 1 rings (SSSR count). The van der Waals surface area contributed by atoms with Gasteiger partial charge >= 0.3 is 0 Å². The summed E-state index contributed by atoms with van der Waals surface area (Å²) in [7, 11) is 0. The number of hydrogen-bond donors (Lipinski definition) is 3. The van der Waals surface area contributed by atoms with Gasteiger partial charge in [0.2, 0.25) is 0 Å². The van der Waals surface area contributed by atoms with Gasteiger partial charge in [-0.3, -0.25) is 5.32 Å². The topological polar surface area (TPSA) is 74.6 Å². The summed E-state index contributed by atoms with van der Waals surface area (Å²) in [5, 5.41) is 23.5. The van der Waals surface area contributed by atoms with Crippen LogP contribution >= 0.6 is 11.3 Å². The molecule has 0 aliphatic heterocycles. The van der Waals surface area contributed by atoms with Crippen molar-refractivity contribution in [2.45, 2.75) is 25.8 Å². The number of aliphatic hydroxyl groups excluding tert-OH is 1. The number of aromatic nitrogens is 1. The van der Waals surface area contributed by atoms with E-state index in [0.29, 0.717) is 5.19 Å². The Morgan fingerprint density at radius 2 is 2.50 bits per heavy atom. The second kappa shape index (κ2) is 4.70. The second-order valence-electron chi connectivity index (χ2n) is 3.18. The molecule has 3 N–H and O–H groups in total. The van der Waals surface area contributed by atoms with Crippen LogP contribution in [0.25, 0.3) is 0 Å². The number of nitrogens with zero attached hydrogens (tertiary/aromatic N) is 1. The van der Waals surface area contributed by atoms with Crippen LogP contribution in [0.5, 0.6) is 5.19 Å². The van der Waals surface area contributed by atoms with Crippen LogP contribution in [0.3, 0.4) is 0 Å². The van der Waals surface area contributed by atoms with Crippen LogP contribution < -0.4 is 10.1 Å². The van der Waals surface area contributed by atoms with E-state index in [2.05, 4.69) is 10.3 Å². The van der Waals surface area contributed by atoms with Crippen molar-refractivity contribution in [3.8, 4) is 5.19 Å². The maximum absolute atomic E-state index is 9.66. The molecule has 14 heavy (non-hydrogen) atoms. The molecule has 0 spiro atoms. The van der Waals surface area contributed by atoms with Gasteiger partial charge in [-0.25, -0.2) is 4.98 Å². The van der Waals surface area contributed by atoms with Crippen molar-refractivity contribution in [2.75, 3.05) is 6.61 Å². The Hall–Kier alpha value is -0.690. The van der Waals surface area contributed by atoms with Crippen molar-refractivity contribution in [3.63, 3.8) is 0 Å². The summed E-state index contributed by atoms with van der Waals surface area (Å²) in [6, 6.07) is 0. The quantitative estimate of drug-likeness (QED) is 0.614.